The molecule has 0 aromatic heterocycles. The molecule has 0 aliphatic heterocycles. The summed E-state index contributed by atoms with van der Waals surface area (Å²) in [5, 5.41) is 1.58. The lowest BCUT2D eigenvalue weighted by atomic mass is 10.0. The fourth-order valence-electron chi connectivity index (χ4n) is 1.61. The molecule has 0 saturated carbocycles. The first kappa shape index (κ1) is 14.9. The van der Waals surface area contributed by atoms with Crippen molar-refractivity contribution >= 4 is 56.5 Å². The van der Waals surface area contributed by atoms with Crippen molar-refractivity contribution in [2.45, 2.75) is 4.83 Å². The molecule has 0 amide bonds. The molecule has 0 unspecified atom stereocenters. The molecule has 19 heavy (non-hydrogen) atoms. The van der Waals surface area contributed by atoms with Crippen molar-refractivity contribution in [1.82, 2.24) is 0 Å². The number of Topliss-reactive ketones (excluding diaryl/α,β-unsaturated/α-hetero) is 1. The second-order valence-electron chi connectivity index (χ2n) is 3.90. The lowest BCUT2D eigenvalue weighted by molar-refractivity contribution is 0.0991. The molecule has 0 bridgehead atoms. The molecule has 5 heteroatoms. The molecule has 0 spiro atoms. The van der Waals surface area contributed by atoms with E-state index in [9.17, 15) is 4.79 Å². The largest absolute Gasteiger partial charge is 0.293 e. The van der Waals surface area contributed by atoms with Crippen LogP contribution in [0.4, 0.5) is 0 Å². The summed E-state index contributed by atoms with van der Waals surface area (Å²) in [5.74, 6) is -0.0825. The Kier molecular flexibility index (Phi) is 4.91. The number of ketones is 1. The Morgan fingerprint density at radius 2 is 1.53 bits per heavy atom. The maximum Gasteiger partial charge on any atom is 0.180 e. The number of benzene rings is 2. The standard InChI is InChI=1S/C14H8BrCl3O/c15-13(11-6-5-10(17)7-12(11)18)14(19)8-1-3-9(16)4-2-8/h1-7,13H/t13-/m1/s1. The molecule has 2 rings (SSSR count). The van der Waals surface area contributed by atoms with Crippen LogP contribution in [0, 0.1) is 0 Å². The van der Waals surface area contributed by atoms with Gasteiger partial charge in [-0.3, -0.25) is 4.79 Å². The minimum absolute atomic E-state index is 0.0825. The van der Waals surface area contributed by atoms with Crippen molar-refractivity contribution in [2.24, 2.45) is 0 Å². The van der Waals surface area contributed by atoms with E-state index in [0.717, 1.165) is 0 Å². The lowest BCUT2D eigenvalue weighted by Crippen LogP contribution is -2.07. The van der Waals surface area contributed by atoms with Gasteiger partial charge in [-0.25, -0.2) is 0 Å². The van der Waals surface area contributed by atoms with E-state index in [-0.39, 0.29) is 5.78 Å². The van der Waals surface area contributed by atoms with E-state index in [1.165, 1.54) is 0 Å². The monoisotopic (exact) mass is 376 g/mol. The zero-order chi connectivity index (χ0) is 14.0. The number of halogens is 4. The van der Waals surface area contributed by atoms with Crippen molar-refractivity contribution in [3.8, 4) is 0 Å². The number of carbonyl (C=O) groups is 1. The second-order valence-corrected chi connectivity index (χ2v) is 6.10. The van der Waals surface area contributed by atoms with Gasteiger partial charge in [0.2, 0.25) is 0 Å². The molecule has 0 heterocycles. The van der Waals surface area contributed by atoms with E-state index in [2.05, 4.69) is 15.9 Å². The first-order valence-electron chi connectivity index (χ1n) is 5.38. The molecule has 0 aliphatic rings. The number of hydrogen-bond acceptors (Lipinski definition) is 1. The van der Waals surface area contributed by atoms with Crippen LogP contribution in [0.2, 0.25) is 15.1 Å². The van der Waals surface area contributed by atoms with E-state index in [4.69, 9.17) is 34.8 Å². The fraction of sp³-hybridized carbons (Fsp3) is 0.0714. The summed E-state index contributed by atoms with van der Waals surface area (Å²) in [6.45, 7) is 0. The summed E-state index contributed by atoms with van der Waals surface area (Å²) >= 11 is 21.1. The van der Waals surface area contributed by atoms with Crippen LogP contribution in [0.3, 0.4) is 0 Å². The number of carbonyl (C=O) groups excluding carboxylic acids is 1. The Labute approximate surface area is 134 Å². The maximum absolute atomic E-state index is 12.3. The third-order valence-corrected chi connectivity index (χ3v) is 4.32. The van der Waals surface area contributed by atoms with Gasteiger partial charge in [0.05, 0.1) is 0 Å². The summed E-state index contributed by atoms with van der Waals surface area (Å²) in [6, 6.07) is 11.8. The van der Waals surface area contributed by atoms with Crippen LogP contribution in [-0.4, -0.2) is 5.78 Å². The van der Waals surface area contributed by atoms with Crippen molar-refractivity contribution in [3.63, 3.8) is 0 Å². The van der Waals surface area contributed by atoms with Crippen LogP contribution >= 0.6 is 50.7 Å². The zero-order valence-corrected chi connectivity index (χ0v) is 13.4. The van der Waals surface area contributed by atoms with Gasteiger partial charge < -0.3 is 0 Å². The first-order valence-corrected chi connectivity index (χ1v) is 7.43. The quantitative estimate of drug-likeness (QED) is 0.475. The molecule has 0 radical (unpaired) electrons. The van der Waals surface area contributed by atoms with E-state index < -0.39 is 4.83 Å². The molecule has 2 aromatic carbocycles. The van der Waals surface area contributed by atoms with Crippen LogP contribution in [-0.2, 0) is 0 Å². The highest BCUT2D eigenvalue weighted by Gasteiger charge is 2.21. The highest BCUT2D eigenvalue weighted by atomic mass is 79.9. The highest BCUT2D eigenvalue weighted by molar-refractivity contribution is 9.09. The van der Waals surface area contributed by atoms with Gasteiger partial charge in [0.15, 0.2) is 5.78 Å². The van der Waals surface area contributed by atoms with Gasteiger partial charge in [0.1, 0.15) is 4.83 Å². The van der Waals surface area contributed by atoms with E-state index in [1.807, 2.05) is 0 Å². The molecule has 0 saturated heterocycles. The Hall–Kier alpha value is -0.540. The van der Waals surface area contributed by atoms with Gasteiger partial charge in [-0.05, 0) is 42.0 Å². The normalized spacial score (nSPS) is 12.2. The molecular weight excluding hydrogens is 370 g/mol. The molecule has 1 atom stereocenters. The number of rotatable bonds is 3. The Morgan fingerprint density at radius 1 is 0.947 bits per heavy atom. The van der Waals surface area contributed by atoms with Crippen LogP contribution in [0.25, 0.3) is 0 Å². The molecule has 2 aromatic rings. The highest BCUT2D eigenvalue weighted by Crippen LogP contribution is 2.34. The lowest BCUT2D eigenvalue weighted by Gasteiger charge is -2.11. The summed E-state index contributed by atoms with van der Waals surface area (Å²) in [7, 11) is 0. The smallest absolute Gasteiger partial charge is 0.180 e. The van der Waals surface area contributed by atoms with Gasteiger partial charge in [-0.2, -0.15) is 0 Å². The van der Waals surface area contributed by atoms with Crippen LogP contribution in [0.15, 0.2) is 42.5 Å². The fourth-order valence-corrected chi connectivity index (χ4v) is 3.05. The minimum Gasteiger partial charge on any atom is -0.293 e. The van der Waals surface area contributed by atoms with Crippen molar-refractivity contribution in [1.29, 1.82) is 0 Å². The number of alkyl halides is 1. The molecule has 0 fully saturated rings. The first-order chi connectivity index (χ1) is 8.99. The van der Waals surface area contributed by atoms with Crippen molar-refractivity contribution in [3.05, 3.63) is 68.7 Å². The molecule has 0 N–H and O–H groups in total. The molecule has 98 valence electrons. The van der Waals surface area contributed by atoms with E-state index in [1.54, 1.807) is 42.5 Å². The summed E-state index contributed by atoms with van der Waals surface area (Å²) in [4.78, 5) is 11.8. The Balaban J connectivity index is 2.30. The minimum atomic E-state index is -0.515. The van der Waals surface area contributed by atoms with Gasteiger partial charge >= 0.3 is 0 Å². The van der Waals surface area contributed by atoms with Crippen molar-refractivity contribution in [2.75, 3.05) is 0 Å². The van der Waals surface area contributed by atoms with E-state index >= 15 is 0 Å². The molecule has 0 aliphatic carbocycles. The summed E-state index contributed by atoms with van der Waals surface area (Å²) in [5.41, 5.74) is 1.25. The Morgan fingerprint density at radius 3 is 2.11 bits per heavy atom. The number of hydrogen-bond donors (Lipinski definition) is 0. The van der Waals surface area contributed by atoms with Gasteiger partial charge in [0, 0.05) is 20.6 Å². The van der Waals surface area contributed by atoms with Crippen LogP contribution in [0.5, 0.6) is 0 Å². The average molecular weight is 378 g/mol. The van der Waals surface area contributed by atoms with E-state index in [0.29, 0.717) is 26.2 Å². The third kappa shape index (κ3) is 3.51. The van der Waals surface area contributed by atoms with Crippen LogP contribution in [0.1, 0.15) is 20.7 Å². The summed E-state index contributed by atoms with van der Waals surface area (Å²) in [6.07, 6.45) is 0. The van der Waals surface area contributed by atoms with Gasteiger partial charge in [-0.15, -0.1) is 0 Å². The molecule has 1 nitrogen and oxygen atoms in total. The van der Waals surface area contributed by atoms with Gasteiger partial charge in [-0.1, -0.05) is 56.8 Å². The van der Waals surface area contributed by atoms with Crippen molar-refractivity contribution < 1.29 is 4.79 Å². The maximum atomic E-state index is 12.3. The Bertz CT molecular complexity index is 611. The third-order valence-electron chi connectivity index (χ3n) is 2.59. The SMILES string of the molecule is O=C(c1ccc(Cl)cc1)[C@H](Br)c1ccc(Cl)cc1Cl. The average Bonchev–Trinajstić information content (AvgIpc) is 2.38. The second kappa shape index (κ2) is 6.27. The zero-order valence-electron chi connectivity index (χ0n) is 9.54. The van der Waals surface area contributed by atoms with Crippen LogP contribution < -0.4 is 0 Å². The predicted molar refractivity (Wildman–Crippen MR) is 83.9 cm³/mol. The molecular formula is C14H8BrCl3O. The predicted octanol–water partition coefficient (Wildman–Crippen LogP) is 5.97. The topological polar surface area (TPSA) is 17.1 Å². The summed E-state index contributed by atoms with van der Waals surface area (Å²) < 4.78 is 0. The van der Waals surface area contributed by atoms with Gasteiger partial charge in [0.25, 0.3) is 0 Å².